The Balaban J connectivity index is 2.67. The van der Waals surface area contributed by atoms with Crippen molar-refractivity contribution in [3.63, 3.8) is 0 Å². The highest BCUT2D eigenvalue weighted by Crippen LogP contribution is 2.24. The molecule has 0 amide bonds. The monoisotopic (exact) mass is 302 g/mol. The highest BCUT2D eigenvalue weighted by molar-refractivity contribution is 7.89. The van der Waals surface area contributed by atoms with Crippen molar-refractivity contribution in [3.05, 3.63) is 12.4 Å². The van der Waals surface area contributed by atoms with Gasteiger partial charge in [-0.25, -0.2) is 13.1 Å². The van der Waals surface area contributed by atoms with Gasteiger partial charge in [0.2, 0.25) is 10.0 Å². The molecule has 1 unspecified atom stereocenters. The van der Waals surface area contributed by atoms with E-state index in [-0.39, 0.29) is 16.2 Å². The molecule has 0 radical (unpaired) electrons. The summed E-state index contributed by atoms with van der Waals surface area (Å²) < 4.78 is 28.6. The second-order valence-electron chi connectivity index (χ2n) is 6.20. The molecule has 1 rings (SSSR count). The number of hydrogen-bond donors (Lipinski definition) is 2. The fourth-order valence-corrected chi connectivity index (χ4v) is 2.57. The quantitative estimate of drug-likeness (QED) is 0.791. The van der Waals surface area contributed by atoms with Gasteiger partial charge >= 0.3 is 0 Å². The second-order valence-corrected chi connectivity index (χ2v) is 7.97. The summed E-state index contributed by atoms with van der Waals surface area (Å²) in [6.07, 6.45) is 3.69. The predicted octanol–water partition coefficient (Wildman–Crippen LogP) is 1.19. The van der Waals surface area contributed by atoms with Crippen molar-refractivity contribution in [1.82, 2.24) is 14.5 Å². The van der Waals surface area contributed by atoms with E-state index in [9.17, 15) is 8.42 Å². The zero-order chi connectivity index (χ0) is 15.4. The summed E-state index contributed by atoms with van der Waals surface area (Å²) in [5, 5.41) is 4.04. The molecule has 0 fully saturated rings. The summed E-state index contributed by atoms with van der Waals surface area (Å²) in [4.78, 5) is 0.204. The van der Waals surface area contributed by atoms with Gasteiger partial charge in [-0.1, -0.05) is 27.7 Å². The van der Waals surface area contributed by atoms with Crippen LogP contribution in [0, 0.1) is 11.3 Å². The SMILES string of the molecule is CC(CNS(=O)(=O)c1cnn(CCCN)c1)C(C)(C)C. The number of nitrogens with one attached hydrogen (secondary N) is 1. The molecular weight excluding hydrogens is 276 g/mol. The first-order valence-corrected chi connectivity index (χ1v) is 8.37. The van der Waals surface area contributed by atoms with Crippen LogP contribution in [-0.2, 0) is 16.6 Å². The molecule has 0 spiro atoms. The minimum Gasteiger partial charge on any atom is -0.330 e. The van der Waals surface area contributed by atoms with Gasteiger partial charge in [-0.15, -0.1) is 0 Å². The number of hydrogen-bond acceptors (Lipinski definition) is 4. The lowest BCUT2D eigenvalue weighted by atomic mass is 9.82. The van der Waals surface area contributed by atoms with E-state index < -0.39 is 10.0 Å². The second kappa shape index (κ2) is 6.69. The largest absolute Gasteiger partial charge is 0.330 e. The van der Waals surface area contributed by atoms with Crippen LogP contribution >= 0.6 is 0 Å². The van der Waals surface area contributed by atoms with Gasteiger partial charge in [0.05, 0.1) is 6.20 Å². The Morgan fingerprint density at radius 1 is 1.45 bits per heavy atom. The number of aryl methyl sites for hydroxylation is 1. The van der Waals surface area contributed by atoms with E-state index in [0.717, 1.165) is 6.42 Å². The molecule has 0 aromatic carbocycles. The molecule has 0 aliphatic rings. The van der Waals surface area contributed by atoms with Gasteiger partial charge in [0.15, 0.2) is 0 Å². The van der Waals surface area contributed by atoms with E-state index in [1.807, 2.05) is 6.92 Å². The van der Waals surface area contributed by atoms with Gasteiger partial charge in [-0.2, -0.15) is 5.10 Å². The van der Waals surface area contributed by atoms with Crippen LogP contribution in [0.1, 0.15) is 34.1 Å². The summed E-state index contributed by atoms with van der Waals surface area (Å²) in [5.74, 6) is 0.240. The normalized spacial score (nSPS) is 14.4. The average molecular weight is 302 g/mol. The van der Waals surface area contributed by atoms with Crippen LogP contribution in [0.15, 0.2) is 17.3 Å². The summed E-state index contributed by atoms with van der Waals surface area (Å²) in [6.45, 7) is 9.92. The molecule has 0 saturated heterocycles. The van der Waals surface area contributed by atoms with E-state index in [2.05, 4.69) is 30.6 Å². The van der Waals surface area contributed by atoms with Gasteiger partial charge in [0.1, 0.15) is 4.90 Å². The Kier molecular flexibility index (Phi) is 5.73. The maximum Gasteiger partial charge on any atom is 0.243 e. The fourth-order valence-electron chi connectivity index (χ4n) is 1.48. The molecule has 0 bridgehead atoms. The molecule has 0 aliphatic heterocycles. The predicted molar refractivity (Wildman–Crippen MR) is 79.7 cm³/mol. The molecule has 0 aliphatic carbocycles. The van der Waals surface area contributed by atoms with Crippen molar-refractivity contribution >= 4 is 10.0 Å². The lowest BCUT2D eigenvalue weighted by molar-refractivity contribution is 0.263. The number of nitrogens with two attached hydrogens (primary N) is 1. The molecular formula is C13H26N4O2S. The average Bonchev–Trinajstić information content (AvgIpc) is 2.81. The van der Waals surface area contributed by atoms with E-state index in [4.69, 9.17) is 5.73 Å². The first-order chi connectivity index (χ1) is 9.16. The Bertz CT molecular complexity index is 517. The number of nitrogens with zero attached hydrogens (tertiary/aromatic N) is 2. The van der Waals surface area contributed by atoms with Gasteiger partial charge in [0.25, 0.3) is 0 Å². The molecule has 1 aromatic rings. The lowest BCUT2D eigenvalue weighted by Crippen LogP contribution is -2.33. The Hall–Kier alpha value is -0.920. The van der Waals surface area contributed by atoms with Crippen LogP contribution in [-0.4, -0.2) is 31.3 Å². The zero-order valence-electron chi connectivity index (χ0n) is 12.8. The molecule has 3 N–H and O–H groups in total. The van der Waals surface area contributed by atoms with Crippen molar-refractivity contribution < 1.29 is 8.42 Å². The summed E-state index contributed by atoms with van der Waals surface area (Å²) >= 11 is 0. The van der Waals surface area contributed by atoms with Crippen molar-refractivity contribution in [1.29, 1.82) is 0 Å². The Labute approximate surface area is 121 Å². The molecule has 0 saturated carbocycles. The minimum atomic E-state index is -3.48. The summed E-state index contributed by atoms with van der Waals surface area (Å²) in [6, 6.07) is 0. The first-order valence-electron chi connectivity index (χ1n) is 6.89. The third-order valence-electron chi connectivity index (χ3n) is 3.57. The fraction of sp³-hybridized carbons (Fsp3) is 0.769. The maximum absolute atomic E-state index is 12.2. The highest BCUT2D eigenvalue weighted by Gasteiger charge is 2.23. The van der Waals surface area contributed by atoms with E-state index >= 15 is 0 Å². The van der Waals surface area contributed by atoms with Crippen LogP contribution in [0.2, 0.25) is 0 Å². The van der Waals surface area contributed by atoms with E-state index in [1.165, 1.54) is 6.20 Å². The van der Waals surface area contributed by atoms with Gasteiger partial charge in [-0.05, 0) is 24.3 Å². The minimum absolute atomic E-state index is 0.0633. The van der Waals surface area contributed by atoms with Crippen molar-refractivity contribution in [3.8, 4) is 0 Å². The van der Waals surface area contributed by atoms with Gasteiger partial charge in [0, 0.05) is 19.3 Å². The number of sulfonamides is 1. The molecule has 1 heterocycles. The molecule has 1 aromatic heterocycles. The van der Waals surface area contributed by atoms with Crippen LogP contribution < -0.4 is 10.5 Å². The van der Waals surface area contributed by atoms with Crippen LogP contribution in [0.5, 0.6) is 0 Å². The highest BCUT2D eigenvalue weighted by atomic mass is 32.2. The third kappa shape index (κ3) is 4.88. The van der Waals surface area contributed by atoms with Crippen LogP contribution in [0.3, 0.4) is 0 Å². The first kappa shape index (κ1) is 17.1. The smallest absolute Gasteiger partial charge is 0.243 e. The molecule has 20 heavy (non-hydrogen) atoms. The molecule has 6 nitrogen and oxygen atoms in total. The van der Waals surface area contributed by atoms with Crippen LogP contribution in [0.4, 0.5) is 0 Å². The number of rotatable bonds is 7. The van der Waals surface area contributed by atoms with Crippen molar-refractivity contribution in [2.75, 3.05) is 13.1 Å². The zero-order valence-corrected chi connectivity index (χ0v) is 13.6. The molecule has 1 atom stereocenters. The molecule has 7 heteroatoms. The topological polar surface area (TPSA) is 90.0 Å². The maximum atomic E-state index is 12.2. The number of aromatic nitrogens is 2. The van der Waals surface area contributed by atoms with Gasteiger partial charge < -0.3 is 5.73 Å². The van der Waals surface area contributed by atoms with E-state index in [1.54, 1.807) is 10.9 Å². The Morgan fingerprint density at radius 2 is 2.10 bits per heavy atom. The third-order valence-corrected chi connectivity index (χ3v) is 4.95. The molecule has 116 valence electrons. The lowest BCUT2D eigenvalue weighted by Gasteiger charge is -2.27. The van der Waals surface area contributed by atoms with Gasteiger partial charge in [-0.3, -0.25) is 4.68 Å². The summed E-state index contributed by atoms with van der Waals surface area (Å²) in [7, 11) is -3.48. The van der Waals surface area contributed by atoms with Crippen LogP contribution in [0.25, 0.3) is 0 Å². The summed E-state index contributed by atoms with van der Waals surface area (Å²) in [5.41, 5.74) is 5.48. The van der Waals surface area contributed by atoms with Crippen molar-refractivity contribution in [2.45, 2.75) is 45.6 Å². The standard InChI is InChI=1S/C13H26N4O2S/c1-11(13(2,3)4)8-16-20(18,19)12-9-15-17(10-12)7-5-6-14/h9-11,16H,5-8,14H2,1-4H3. The van der Waals surface area contributed by atoms with E-state index in [0.29, 0.717) is 19.6 Å². The Morgan fingerprint density at radius 3 is 2.65 bits per heavy atom. The van der Waals surface area contributed by atoms with Crippen molar-refractivity contribution in [2.24, 2.45) is 17.1 Å².